The summed E-state index contributed by atoms with van der Waals surface area (Å²) in [6.45, 7) is 4.11. The van der Waals surface area contributed by atoms with E-state index in [4.69, 9.17) is 10.5 Å². The molecule has 20 heavy (non-hydrogen) atoms. The van der Waals surface area contributed by atoms with Crippen molar-refractivity contribution < 1.29 is 9.53 Å². The van der Waals surface area contributed by atoms with Crippen molar-refractivity contribution in [3.8, 4) is 0 Å². The van der Waals surface area contributed by atoms with Crippen molar-refractivity contribution in [2.75, 3.05) is 11.1 Å². The fourth-order valence-electron chi connectivity index (χ4n) is 1.69. The highest BCUT2D eigenvalue weighted by Crippen LogP contribution is 2.19. The van der Waals surface area contributed by atoms with Crippen molar-refractivity contribution in [2.24, 2.45) is 0 Å². The maximum absolute atomic E-state index is 12.1. The SMILES string of the molecule is Cc1ccc(N)cc1NC(=O)C(C)OCc1cccs1. The Morgan fingerprint density at radius 2 is 2.25 bits per heavy atom. The molecule has 5 heteroatoms. The zero-order valence-corrected chi connectivity index (χ0v) is 12.4. The van der Waals surface area contributed by atoms with Gasteiger partial charge in [-0.15, -0.1) is 11.3 Å². The fourth-order valence-corrected chi connectivity index (χ4v) is 2.31. The summed E-state index contributed by atoms with van der Waals surface area (Å²) in [5, 5.41) is 4.83. The van der Waals surface area contributed by atoms with Crippen LogP contribution >= 0.6 is 11.3 Å². The lowest BCUT2D eigenvalue weighted by Crippen LogP contribution is -2.27. The van der Waals surface area contributed by atoms with Gasteiger partial charge < -0.3 is 15.8 Å². The van der Waals surface area contributed by atoms with Gasteiger partial charge in [0.1, 0.15) is 6.10 Å². The maximum Gasteiger partial charge on any atom is 0.253 e. The van der Waals surface area contributed by atoms with E-state index < -0.39 is 6.10 Å². The zero-order valence-electron chi connectivity index (χ0n) is 11.6. The van der Waals surface area contributed by atoms with E-state index in [0.29, 0.717) is 12.3 Å². The minimum atomic E-state index is -0.516. The molecule has 0 aliphatic heterocycles. The number of carbonyl (C=O) groups excluding carboxylic acids is 1. The van der Waals surface area contributed by atoms with Crippen LogP contribution in [0.1, 0.15) is 17.4 Å². The second kappa shape index (κ2) is 6.54. The fraction of sp³-hybridized carbons (Fsp3) is 0.267. The topological polar surface area (TPSA) is 64.3 Å². The third kappa shape index (κ3) is 3.82. The van der Waals surface area contributed by atoms with Gasteiger partial charge in [-0.3, -0.25) is 4.79 Å². The van der Waals surface area contributed by atoms with Gasteiger partial charge in [-0.1, -0.05) is 12.1 Å². The molecule has 0 fully saturated rings. The molecule has 1 unspecified atom stereocenters. The number of thiophene rings is 1. The molecular formula is C15H18N2O2S. The Balaban J connectivity index is 1.92. The first-order valence-corrected chi connectivity index (χ1v) is 7.25. The van der Waals surface area contributed by atoms with Crippen LogP contribution in [0.25, 0.3) is 0 Å². The third-order valence-electron chi connectivity index (χ3n) is 2.94. The predicted molar refractivity (Wildman–Crippen MR) is 82.8 cm³/mol. The van der Waals surface area contributed by atoms with E-state index in [1.54, 1.807) is 24.3 Å². The van der Waals surface area contributed by atoms with E-state index in [2.05, 4.69) is 5.32 Å². The highest BCUT2D eigenvalue weighted by Gasteiger charge is 2.14. The minimum absolute atomic E-state index is 0.171. The number of benzene rings is 1. The third-order valence-corrected chi connectivity index (χ3v) is 3.79. The molecule has 0 saturated heterocycles. The summed E-state index contributed by atoms with van der Waals surface area (Å²) in [5.74, 6) is -0.171. The van der Waals surface area contributed by atoms with Crippen LogP contribution in [0.5, 0.6) is 0 Å². The molecule has 1 aromatic heterocycles. The molecule has 0 saturated carbocycles. The molecule has 1 atom stereocenters. The van der Waals surface area contributed by atoms with Crippen LogP contribution < -0.4 is 11.1 Å². The summed E-state index contributed by atoms with van der Waals surface area (Å²) in [4.78, 5) is 13.2. The van der Waals surface area contributed by atoms with Gasteiger partial charge in [0.05, 0.1) is 6.61 Å². The molecule has 106 valence electrons. The molecular weight excluding hydrogens is 272 g/mol. The Bertz CT molecular complexity index is 582. The number of nitrogens with two attached hydrogens (primary N) is 1. The molecule has 2 aromatic rings. The Labute approximate surface area is 122 Å². The number of hydrogen-bond donors (Lipinski definition) is 2. The molecule has 0 aliphatic carbocycles. The van der Waals surface area contributed by atoms with Gasteiger partial charge in [0.15, 0.2) is 0 Å². The molecule has 0 radical (unpaired) electrons. The van der Waals surface area contributed by atoms with E-state index in [1.165, 1.54) is 0 Å². The quantitative estimate of drug-likeness (QED) is 0.831. The largest absolute Gasteiger partial charge is 0.399 e. The van der Waals surface area contributed by atoms with Crippen molar-refractivity contribution in [3.05, 3.63) is 46.2 Å². The maximum atomic E-state index is 12.1. The number of amides is 1. The first-order valence-electron chi connectivity index (χ1n) is 6.37. The lowest BCUT2D eigenvalue weighted by molar-refractivity contribution is -0.127. The summed E-state index contributed by atoms with van der Waals surface area (Å²) >= 11 is 1.61. The summed E-state index contributed by atoms with van der Waals surface area (Å²) < 4.78 is 5.56. The van der Waals surface area contributed by atoms with E-state index in [1.807, 2.05) is 36.6 Å². The molecule has 3 N–H and O–H groups in total. The second-order valence-electron chi connectivity index (χ2n) is 4.60. The Hall–Kier alpha value is -1.85. The van der Waals surface area contributed by atoms with Crippen molar-refractivity contribution in [1.29, 1.82) is 0 Å². The molecule has 2 rings (SSSR count). The molecule has 1 amide bonds. The number of nitrogens with one attached hydrogen (secondary N) is 1. The van der Waals surface area contributed by atoms with Crippen molar-refractivity contribution in [2.45, 2.75) is 26.6 Å². The van der Waals surface area contributed by atoms with Crippen LogP contribution in [0.3, 0.4) is 0 Å². The summed E-state index contributed by atoms with van der Waals surface area (Å²) in [7, 11) is 0. The van der Waals surface area contributed by atoms with E-state index in [0.717, 1.165) is 16.1 Å². The highest BCUT2D eigenvalue weighted by atomic mass is 32.1. The normalized spacial score (nSPS) is 12.1. The molecule has 4 nitrogen and oxygen atoms in total. The van der Waals surface area contributed by atoms with Crippen LogP contribution in [-0.4, -0.2) is 12.0 Å². The minimum Gasteiger partial charge on any atom is -0.399 e. The number of aryl methyl sites for hydroxylation is 1. The van der Waals surface area contributed by atoms with Gasteiger partial charge in [0.2, 0.25) is 0 Å². The number of carbonyl (C=O) groups is 1. The lowest BCUT2D eigenvalue weighted by atomic mass is 10.2. The van der Waals surface area contributed by atoms with Gasteiger partial charge in [-0.25, -0.2) is 0 Å². The number of nitrogen functional groups attached to an aromatic ring is 1. The average molecular weight is 290 g/mol. The smallest absolute Gasteiger partial charge is 0.253 e. The standard InChI is InChI=1S/C15H18N2O2S/c1-10-5-6-12(16)8-14(10)17-15(18)11(2)19-9-13-4-3-7-20-13/h3-8,11H,9,16H2,1-2H3,(H,17,18). The Morgan fingerprint density at radius 3 is 2.95 bits per heavy atom. The second-order valence-corrected chi connectivity index (χ2v) is 5.63. The number of ether oxygens (including phenoxy) is 1. The predicted octanol–water partition coefficient (Wildman–Crippen LogP) is 3.18. The molecule has 1 heterocycles. The van der Waals surface area contributed by atoms with Gasteiger partial charge in [0.25, 0.3) is 5.91 Å². The van der Waals surface area contributed by atoms with E-state index >= 15 is 0 Å². The first-order chi connectivity index (χ1) is 9.56. The number of anilines is 2. The highest BCUT2D eigenvalue weighted by molar-refractivity contribution is 7.09. The first kappa shape index (κ1) is 14.6. The monoisotopic (exact) mass is 290 g/mol. The van der Waals surface area contributed by atoms with Gasteiger partial charge >= 0.3 is 0 Å². The van der Waals surface area contributed by atoms with Gasteiger partial charge in [-0.05, 0) is 43.0 Å². The lowest BCUT2D eigenvalue weighted by Gasteiger charge is -2.14. The molecule has 0 aliphatic rings. The van der Waals surface area contributed by atoms with Crippen LogP contribution in [0.15, 0.2) is 35.7 Å². The Morgan fingerprint density at radius 1 is 1.45 bits per heavy atom. The number of rotatable bonds is 5. The summed E-state index contributed by atoms with van der Waals surface area (Å²) in [6.07, 6.45) is -0.516. The van der Waals surface area contributed by atoms with E-state index in [-0.39, 0.29) is 5.91 Å². The Kier molecular flexibility index (Phi) is 4.76. The van der Waals surface area contributed by atoms with Crippen molar-refractivity contribution >= 4 is 28.6 Å². The van der Waals surface area contributed by atoms with Crippen molar-refractivity contribution in [1.82, 2.24) is 0 Å². The number of hydrogen-bond acceptors (Lipinski definition) is 4. The molecule has 0 bridgehead atoms. The molecule has 1 aromatic carbocycles. The van der Waals surface area contributed by atoms with Crippen LogP contribution in [-0.2, 0) is 16.1 Å². The van der Waals surface area contributed by atoms with Crippen LogP contribution in [0.2, 0.25) is 0 Å². The zero-order chi connectivity index (χ0) is 14.5. The van der Waals surface area contributed by atoms with Gasteiger partial charge in [0, 0.05) is 16.3 Å². The summed E-state index contributed by atoms with van der Waals surface area (Å²) in [5.41, 5.74) is 8.04. The van der Waals surface area contributed by atoms with Crippen LogP contribution in [0, 0.1) is 6.92 Å². The molecule has 0 spiro atoms. The average Bonchev–Trinajstić information content (AvgIpc) is 2.93. The van der Waals surface area contributed by atoms with E-state index in [9.17, 15) is 4.79 Å². The van der Waals surface area contributed by atoms with Crippen molar-refractivity contribution in [3.63, 3.8) is 0 Å². The van der Waals surface area contributed by atoms with Gasteiger partial charge in [-0.2, -0.15) is 0 Å². The summed E-state index contributed by atoms with van der Waals surface area (Å²) in [6, 6.07) is 9.38. The van der Waals surface area contributed by atoms with Crippen LogP contribution in [0.4, 0.5) is 11.4 Å².